The summed E-state index contributed by atoms with van der Waals surface area (Å²) in [6.07, 6.45) is 6.41. The second-order valence-corrected chi connectivity index (χ2v) is 9.85. The smallest absolute Gasteiger partial charge is 0.348 e. The molecule has 1 aliphatic rings. The fourth-order valence-corrected chi connectivity index (χ4v) is 4.56. The lowest BCUT2D eigenvalue weighted by atomic mass is 9.73. The van der Waals surface area contributed by atoms with Gasteiger partial charge in [-0.25, -0.2) is 9.59 Å². The van der Waals surface area contributed by atoms with Gasteiger partial charge in [0.05, 0.1) is 0 Å². The number of pyridine rings is 1. The van der Waals surface area contributed by atoms with Crippen molar-refractivity contribution in [2.45, 2.75) is 43.9 Å². The molecule has 0 spiro atoms. The fourth-order valence-electron chi connectivity index (χ4n) is 4.56. The van der Waals surface area contributed by atoms with E-state index in [1.165, 1.54) is 49.2 Å². The van der Waals surface area contributed by atoms with Crippen LogP contribution in [-0.2, 0) is 9.59 Å². The van der Waals surface area contributed by atoms with E-state index in [0.717, 1.165) is 24.3 Å². The number of aromatic nitrogens is 1. The van der Waals surface area contributed by atoms with Gasteiger partial charge in [-0.2, -0.15) is 0 Å². The number of aryl methyl sites for hydroxylation is 2. The highest BCUT2D eigenvalue weighted by Crippen LogP contribution is 2.32. The van der Waals surface area contributed by atoms with Crippen LogP contribution in [0, 0.1) is 13.8 Å². The number of ketones is 2. The molecule has 1 aromatic heterocycles. The van der Waals surface area contributed by atoms with E-state index in [0.29, 0.717) is 17.2 Å². The van der Waals surface area contributed by atoms with Gasteiger partial charge in [-0.05, 0) is 51.9 Å². The van der Waals surface area contributed by atoms with E-state index in [4.69, 9.17) is 0 Å². The molecule has 0 radical (unpaired) electrons. The summed E-state index contributed by atoms with van der Waals surface area (Å²) in [5.74, 6) is -8.01. The van der Waals surface area contributed by atoms with Crippen LogP contribution in [0.5, 0.6) is 0 Å². The molecule has 0 saturated carbocycles. The molecule has 0 amide bonds. The summed E-state index contributed by atoms with van der Waals surface area (Å²) in [6, 6.07) is 15.1. The molecule has 3 unspecified atom stereocenters. The van der Waals surface area contributed by atoms with Crippen LogP contribution >= 0.6 is 0 Å². The molecular formula is C30H32N2O8. The molecule has 210 valence electrons. The SMILES string of the molecule is CN1CCCC1c1cccnc1.Cc1ccc(C(=O)C(O)(C(=O)O)C(O)(C(=O)O)C(=O)c2ccc(C)cc2)cc1. The molecule has 0 bridgehead atoms. The van der Waals surface area contributed by atoms with Crippen LogP contribution in [0.15, 0.2) is 73.1 Å². The first kappa shape index (κ1) is 30.3. The van der Waals surface area contributed by atoms with Crippen molar-refractivity contribution in [3.63, 3.8) is 0 Å². The van der Waals surface area contributed by atoms with E-state index in [1.54, 1.807) is 13.8 Å². The number of carbonyl (C=O) groups excluding carboxylic acids is 2. The third-order valence-corrected chi connectivity index (χ3v) is 7.02. The number of Topliss-reactive ketones (excluding diaryl/α,β-unsaturated/α-hetero) is 2. The van der Waals surface area contributed by atoms with E-state index in [-0.39, 0.29) is 11.1 Å². The molecule has 4 rings (SSSR count). The molecule has 10 heteroatoms. The highest BCUT2D eigenvalue weighted by molar-refractivity contribution is 6.28. The zero-order valence-electron chi connectivity index (χ0n) is 22.4. The summed E-state index contributed by atoms with van der Waals surface area (Å²) < 4.78 is 0. The zero-order chi connectivity index (χ0) is 29.7. The molecule has 3 atom stereocenters. The number of hydrogen-bond acceptors (Lipinski definition) is 8. The van der Waals surface area contributed by atoms with E-state index in [9.17, 15) is 39.6 Å². The number of nitrogens with zero attached hydrogens (tertiary/aromatic N) is 2. The maximum Gasteiger partial charge on any atom is 0.348 e. The molecule has 2 aromatic carbocycles. The average molecular weight is 549 g/mol. The Bertz CT molecular complexity index is 1300. The molecule has 1 saturated heterocycles. The first-order chi connectivity index (χ1) is 18.8. The van der Waals surface area contributed by atoms with Crippen molar-refractivity contribution in [2.75, 3.05) is 13.6 Å². The number of carbonyl (C=O) groups is 4. The normalized spacial score (nSPS) is 18.0. The van der Waals surface area contributed by atoms with Crippen LogP contribution in [0.4, 0.5) is 0 Å². The lowest BCUT2D eigenvalue weighted by Gasteiger charge is -2.34. The van der Waals surface area contributed by atoms with Crippen molar-refractivity contribution in [1.29, 1.82) is 0 Å². The molecule has 3 aromatic rings. The Morgan fingerprint density at radius 3 is 1.57 bits per heavy atom. The Hall–Kier alpha value is -4.25. The predicted octanol–water partition coefficient (Wildman–Crippen LogP) is 2.85. The van der Waals surface area contributed by atoms with Gasteiger partial charge < -0.3 is 20.4 Å². The summed E-state index contributed by atoms with van der Waals surface area (Å²) in [5, 5.41) is 40.3. The van der Waals surface area contributed by atoms with E-state index in [1.807, 2.05) is 18.5 Å². The van der Waals surface area contributed by atoms with Crippen molar-refractivity contribution in [3.8, 4) is 0 Å². The van der Waals surface area contributed by atoms with Gasteiger partial charge in [0, 0.05) is 29.6 Å². The van der Waals surface area contributed by atoms with Crippen molar-refractivity contribution in [1.82, 2.24) is 9.88 Å². The number of rotatable bonds is 8. The molecule has 40 heavy (non-hydrogen) atoms. The van der Waals surface area contributed by atoms with Gasteiger partial charge in [0.25, 0.3) is 11.2 Å². The largest absolute Gasteiger partial charge is 0.479 e. The quantitative estimate of drug-likeness (QED) is 0.243. The summed E-state index contributed by atoms with van der Waals surface area (Å²) in [4.78, 5) is 55.6. The minimum Gasteiger partial charge on any atom is -0.479 e. The second kappa shape index (κ2) is 12.3. The minimum absolute atomic E-state index is 0.383. The van der Waals surface area contributed by atoms with Gasteiger partial charge in [0.15, 0.2) is 0 Å². The Morgan fingerprint density at radius 2 is 1.25 bits per heavy atom. The molecule has 1 fully saturated rings. The molecule has 2 heterocycles. The first-order valence-electron chi connectivity index (χ1n) is 12.6. The van der Waals surface area contributed by atoms with E-state index >= 15 is 0 Å². The number of aliphatic hydroxyl groups is 2. The Morgan fingerprint density at radius 1 is 0.800 bits per heavy atom. The highest BCUT2D eigenvalue weighted by atomic mass is 16.5. The Kier molecular flexibility index (Phi) is 9.31. The maximum absolute atomic E-state index is 12.8. The van der Waals surface area contributed by atoms with Crippen LogP contribution in [0.2, 0.25) is 0 Å². The number of hydrogen-bond donors (Lipinski definition) is 4. The first-order valence-corrected chi connectivity index (χ1v) is 12.6. The van der Waals surface area contributed by atoms with Crippen LogP contribution in [0.1, 0.15) is 56.3 Å². The third kappa shape index (κ3) is 5.84. The average Bonchev–Trinajstić information content (AvgIpc) is 3.38. The van der Waals surface area contributed by atoms with Crippen LogP contribution in [-0.4, -0.2) is 78.6 Å². The summed E-state index contributed by atoms with van der Waals surface area (Å²) in [5.41, 5.74) is -5.91. The van der Waals surface area contributed by atoms with Crippen molar-refractivity contribution in [2.24, 2.45) is 0 Å². The Balaban J connectivity index is 0.000000302. The van der Waals surface area contributed by atoms with Crippen LogP contribution < -0.4 is 0 Å². The summed E-state index contributed by atoms with van der Waals surface area (Å²) in [7, 11) is 2.19. The van der Waals surface area contributed by atoms with Crippen LogP contribution in [0.25, 0.3) is 0 Å². The number of benzene rings is 2. The lowest BCUT2D eigenvalue weighted by molar-refractivity contribution is -0.187. The van der Waals surface area contributed by atoms with Gasteiger partial charge in [-0.3, -0.25) is 19.5 Å². The zero-order valence-corrected chi connectivity index (χ0v) is 22.4. The van der Waals surface area contributed by atoms with Gasteiger partial charge in [-0.1, -0.05) is 65.7 Å². The van der Waals surface area contributed by atoms with Crippen LogP contribution in [0.3, 0.4) is 0 Å². The fraction of sp³-hybridized carbons (Fsp3) is 0.300. The van der Waals surface area contributed by atoms with Gasteiger partial charge in [0.1, 0.15) is 0 Å². The summed E-state index contributed by atoms with van der Waals surface area (Å²) in [6.45, 7) is 4.60. The predicted molar refractivity (Wildman–Crippen MR) is 145 cm³/mol. The van der Waals surface area contributed by atoms with Gasteiger partial charge in [0.2, 0.25) is 11.6 Å². The number of likely N-dealkylation sites (tertiary alicyclic amines) is 1. The molecular weight excluding hydrogens is 516 g/mol. The second-order valence-electron chi connectivity index (χ2n) is 9.85. The lowest BCUT2D eigenvalue weighted by Crippen LogP contribution is -2.71. The standard InChI is InChI=1S/C20H18O8.C10H14N2/c1-11-3-7-13(8-4-11)15(21)19(27,17(23)24)20(28,18(25)26)16(22)14-9-5-12(2)6-10-14;1-12-7-3-5-10(12)9-4-2-6-11-8-9/h3-10,27-28H,1-2H3,(H,23,24)(H,25,26);2,4,6,8,10H,3,5,7H2,1H3. The third-order valence-electron chi connectivity index (χ3n) is 7.02. The van der Waals surface area contributed by atoms with Crippen molar-refractivity contribution < 1.29 is 39.6 Å². The van der Waals surface area contributed by atoms with Gasteiger partial charge in [-0.15, -0.1) is 0 Å². The van der Waals surface area contributed by atoms with Gasteiger partial charge >= 0.3 is 11.9 Å². The summed E-state index contributed by atoms with van der Waals surface area (Å²) >= 11 is 0. The monoisotopic (exact) mass is 548 g/mol. The molecule has 10 nitrogen and oxygen atoms in total. The topological polar surface area (TPSA) is 165 Å². The molecule has 0 aliphatic carbocycles. The molecule has 4 N–H and O–H groups in total. The van der Waals surface area contributed by atoms with Crippen molar-refractivity contribution >= 4 is 23.5 Å². The number of carboxylic acids is 2. The van der Waals surface area contributed by atoms with E-state index < -0.39 is 34.7 Å². The number of carboxylic acid groups (broad SMARTS) is 2. The minimum atomic E-state index is -3.96. The van der Waals surface area contributed by atoms with E-state index in [2.05, 4.69) is 23.0 Å². The van der Waals surface area contributed by atoms with Crippen molar-refractivity contribution in [3.05, 3.63) is 101 Å². The molecule has 1 aliphatic heterocycles. The number of aliphatic carboxylic acids is 2. The Labute approximate surface area is 231 Å². The highest BCUT2D eigenvalue weighted by Gasteiger charge is 2.69. The maximum atomic E-state index is 12.8.